The normalized spacial score (nSPS) is 19.2. The van der Waals surface area contributed by atoms with Gasteiger partial charge in [0.05, 0.1) is 17.3 Å². The fourth-order valence-electron chi connectivity index (χ4n) is 1.72. The summed E-state index contributed by atoms with van der Waals surface area (Å²) >= 11 is 0. The maximum absolute atomic E-state index is 11.2. The van der Waals surface area contributed by atoms with Crippen molar-refractivity contribution in [2.45, 2.75) is 12.8 Å². The summed E-state index contributed by atoms with van der Waals surface area (Å²) in [6, 6.07) is 5.90. The highest BCUT2D eigenvalue weighted by molar-refractivity contribution is 5.94. The van der Waals surface area contributed by atoms with Crippen LogP contribution in [-0.4, -0.2) is 16.9 Å². The van der Waals surface area contributed by atoms with Crippen LogP contribution in [0.2, 0.25) is 0 Å². The molecule has 2 rings (SSSR count). The molecule has 88 valence electrons. The molecule has 0 bridgehead atoms. The molecular formula is C11H9NO5. The summed E-state index contributed by atoms with van der Waals surface area (Å²) in [6.45, 7) is 0. The number of ether oxygens (including phenoxy) is 1. The van der Waals surface area contributed by atoms with Crippen molar-refractivity contribution in [3.05, 3.63) is 39.9 Å². The second-order valence-electron chi connectivity index (χ2n) is 3.82. The molecule has 6 nitrogen and oxygen atoms in total. The van der Waals surface area contributed by atoms with E-state index in [1.165, 1.54) is 12.1 Å². The van der Waals surface area contributed by atoms with Crippen LogP contribution in [0.1, 0.15) is 12.0 Å². The minimum atomic E-state index is -0.520. The lowest BCUT2D eigenvalue weighted by Gasteiger charge is -2.03. The number of rotatable bonds is 3. The van der Waals surface area contributed by atoms with Crippen LogP contribution < -0.4 is 0 Å². The van der Waals surface area contributed by atoms with Gasteiger partial charge in [-0.1, -0.05) is 12.1 Å². The van der Waals surface area contributed by atoms with Crippen molar-refractivity contribution in [2.75, 3.05) is 0 Å². The van der Waals surface area contributed by atoms with Gasteiger partial charge in [0.15, 0.2) is 0 Å². The van der Waals surface area contributed by atoms with Gasteiger partial charge >= 0.3 is 11.9 Å². The minimum absolute atomic E-state index is 0.00109. The third kappa shape index (κ3) is 2.47. The van der Waals surface area contributed by atoms with Crippen LogP contribution in [0.25, 0.3) is 0 Å². The molecule has 0 aliphatic carbocycles. The lowest BCUT2D eigenvalue weighted by Crippen LogP contribution is -2.10. The molecule has 1 aromatic rings. The molecule has 1 aromatic carbocycles. The van der Waals surface area contributed by atoms with Crippen LogP contribution in [0, 0.1) is 16.0 Å². The van der Waals surface area contributed by atoms with Crippen LogP contribution >= 0.6 is 0 Å². The molecule has 1 fully saturated rings. The summed E-state index contributed by atoms with van der Waals surface area (Å²) < 4.78 is 4.42. The Bertz CT molecular complexity index is 479. The van der Waals surface area contributed by atoms with Gasteiger partial charge in [0.1, 0.15) is 0 Å². The SMILES string of the molecule is O=C1CC(Cc2ccc([N+](=O)[O-])cc2)C(=O)O1. The summed E-state index contributed by atoms with van der Waals surface area (Å²) in [5.74, 6) is -1.50. The minimum Gasteiger partial charge on any atom is -0.393 e. The number of carbonyl (C=O) groups is 2. The summed E-state index contributed by atoms with van der Waals surface area (Å²) in [4.78, 5) is 32.0. The van der Waals surface area contributed by atoms with E-state index in [4.69, 9.17) is 0 Å². The Hall–Kier alpha value is -2.24. The Labute approximate surface area is 96.3 Å². The fraction of sp³-hybridized carbons (Fsp3) is 0.273. The van der Waals surface area contributed by atoms with E-state index in [2.05, 4.69) is 4.74 Å². The molecule has 1 aliphatic rings. The molecule has 1 aliphatic heterocycles. The maximum atomic E-state index is 11.2. The van der Waals surface area contributed by atoms with Crippen molar-refractivity contribution in [2.24, 2.45) is 5.92 Å². The van der Waals surface area contributed by atoms with E-state index in [1.807, 2.05) is 0 Å². The van der Waals surface area contributed by atoms with Gasteiger partial charge in [-0.25, -0.2) is 0 Å². The van der Waals surface area contributed by atoms with E-state index in [9.17, 15) is 19.7 Å². The number of benzene rings is 1. The molecule has 0 aromatic heterocycles. The van der Waals surface area contributed by atoms with E-state index >= 15 is 0 Å². The average Bonchev–Trinajstić information content (AvgIpc) is 2.58. The molecule has 0 amide bonds. The smallest absolute Gasteiger partial charge is 0.317 e. The van der Waals surface area contributed by atoms with E-state index in [-0.39, 0.29) is 12.1 Å². The first-order valence-electron chi connectivity index (χ1n) is 5.04. The Morgan fingerprint density at radius 2 is 1.94 bits per heavy atom. The largest absolute Gasteiger partial charge is 0.393 e. The Morgan fingerprint density at radius 3 is 2.41 bits per heavy atom. The zero-order chi connectivity index (χ0) is 12.4. The number of cyclic esters (lactones) is 2. The lowest BCUT2D eigenvalue weighted by molar-refractivity contribution is -0.384. The molecule has 1 heterocycles. The topological polar surface area (TPSA) is 86.5 Å². The van der Waals surface area contributed by atoms with Crippen LogP contribution in [0.3, 0.4) is 0 Å². The highest BCUT2D eigenvalue weighted by atomic mass is 16.6. The van der Waals surface area contributed by atoms with Crippen LogP contribution in [-0.2, 0) is 20.7 Å². The summed E-state index contributed by atoms with van der Waals surface area (Å²) in [5, 5.41) is 10.4. The van der Waals surface area contributed by atoms with Gasteiger partial charge in [0.2, 0.25) is 0 Å². The monoisotopic (exact) mass is 235 g/mol. The van der Waals surface area contributed by atoms with Gasteiger partial charge in [0.25, 0.3) is 5.69 Å². The molecular weight excluding hydrogens is 226 g/mol. The molecule has 1 saturated heterocycles. The highest BCUT2D eigenvalue weighted by Gasteiger charge is 2.33. The molecule has 0 radical (unpaired) electrons. The van der Waals surface area contributed by atoms with Crippen molar-refractivity contribution >= 4 is 17.6 Å². The van der Waals surface area contributed by atoms with Gasteiger partial charge < -0.3 is 4.74 Å². The van der Waals surface area contributed by atoms with Gasteiger partial charge in [-0.3, -0.25) is 19.7 Å². The van der Waals surface area contributed by atoms with Crippen LogP contribution in [0.15, 0.2) is 24.3 Å². The van der Waals surface area contributed by atoms with E-state index in [0.29, 0.717) is 6.42 Å². The standard InChI is InChI=1S/C11H9NO5/c13-10-6-8(11(14)17-10)5-7-1-3-9(4-2-7)12(15)16/h1-4,8H,5-6H2. The average molecular weight is 235 g/mol. The predicted octanol–water partition coefficient (Wildman–Crippen LogP) is 1.23. The zero-order valence-corrected chi connectivity index (χ0v) is 8.79. The molecule has 0 N–H and O–H groups in total. The number of non-ortho nitro benzene ring substituents is 1. The lowest BCUT2D eigenvalue weighted by atomic mass is 9.98. The summed E-state index contributed by atoms with van der Waals surface area (Å²) in [6.07, 6.45) is 0.443. The van der Waals surface area contributed by atoms with Gasteiger partial charge in [-0.05, 0) is 12.0 Å². The number of nitrogens with zero attached hydrogens (tertiary/aromatic N) is 1. The molecule has 0 saturated carbocycles. The summed E-state index contributed by atoms with van der Waals surface area (Å²) in [7, 11) is 0. The Kier molecular flexibility index (Phi) is 2.86. The molecule has 1 unspecified atom stereocenters. The van der Waals surface area contributed by atoms with Gasteiger partial charge in [-0.15, -0.1) is 0 Å². The molecule has 6 heteroatoms. The molecule has 1 atom stereocenters. The van der Waals surface area contributed by atoms with Gasteiger partial charge in [0, 0.05) is 12.1 Å². The van der Waals surface area contributed by atoms with Crippen LogP contribution in [0.5, 0.6) is 0 Å². The first kappa shape index (κ1) is 11.3. The van der Waals surface area contributed by atoms with Crippen molar-refractivity contribution < 1.29 is 19.2 Å². The molecule has 17 heavy (non-hydrogen) atoms. The van der Waals surface area contributed by atoms with Crippen molar-refractivity contribution in [1.29, 1.82) is 0 Å². The van der Waals surface area contributed by atoms with E-state index < -0.39 is 22.8 Å². The predicted molar refractivity (Wildman–Crippen MR) is 56.0 cm³/mol. The van der Waals surface area contributed by atoms with Crippen LogP contribution in [0.4, 0.5) is 5.69 Å². The van der Waals surface area contributed by atoms with Crippen molar-refractivity contribution in [1.82, 2.24) is 0 Å². The first-order valence-corrected chi connectivity index (χ1v) is 5.04. The highest BCUT2D eigenvalue weighted by Crippen LogP contribution is 2.22. The number of hydrogen-bond donors (Lipinski definition) is 0. The number of carbonyl (C=O) groups excluding carboxylic acids is 2. The molecule has 0 spiro atoms. The Morgan fingerprint density at radius 1 is 1.29 bits per heavy atom. The number of nitro groups is 1. The second kappa shape index (κ2) is 4.32. The third-order valence-electron chi connectivity index (χ3n) is 2.59. The number of esters is 2. The third-order valence-corrected chi connectivity index (χ3v) is 2.59. The quantitative estimate of drug-likeness (QED) is 0.340. The number of nitro benzene ring substituents is 1. The zero-order valence-electron chi connectivity index (χ0n) is 8.79. The maximum Gasteiger partial charge on any atom is 0.317 e. The Balaban J connectivity index is 2.07. The van der Waals surface area contributed by atoms with Crippen molar-refractivity contribution in [3.63, 3.8) is 0 Å². The van der Waals surface area contributed by atoms with E-state index in [0.717, 1.165) is 5.56 Å². The van der Waals surface area contributed by atoms with Crippen molar-refractivity contribution in [3.8, 4) is 0 Å². The second-order valence-corrected chi connectivity index (χ2v) is 3.82. The number of hydrogen-bond acceptors (Lipinski definition) is 5. The van der Waals surface area contributed by atoms with E-state index in [1.54, 1.807) is 12.1 Å². The first-order chi connectivity index (χ1) is 8.06. The van der Waals surface area contributed by atoms with Gasteiger partial charge in [-0.2, -0.15) is 0 Å². The summed E-state index contributed by atoms with van der Waals surface area (Å²) in [5.41, 5.74) is 0.770. The fourth-order valence-corrected chi connectivity index (χ4v) is 1.72.